The van der Waals surface area contributed by atoms with Crippen LogP contribution in [0.2, 0.25) is 0 Å². The van der Waals surface area contributed by atoms with E-state index in [-0.39, 0.29) is 0 Å². The number of hydrogen-bond donors (Lipinski definition) is 3. The number of fused-ring (bicyclic) bond motifs is 1. The third-order valence-electron chi connectivity index (χ3n) is 5.03. The Morgan fingerprint density at radius 2 is 2.08 bits per heavy atom. The number of amides is 1. The minimum absolute atomic E-state index is 0.360. The van der Waals surface area contributed by atoms with E-state index in [0.717, 1.165) is 35.0 Å². The number of carbonyl (C=O) groups excluding carboxylic acids is 1. The standard InChI is InChI=1S/C18H20N6O/c19-7-10-4-13(5-10)24-8-14(15-16(20)22-9-23-18(15)24)11-2-1-3-12(6-11)17(21)25/h1-3,6,8-10,13H,4-5,7,19H2,(H2,21,25)(H2,20,22,23). The van der Waals surface area contributed by atoms with Crippen LogP contribution in [0.25, 0.3) is 22.2 Å². The quantitative estimate of drug-likeness (QED) is 0.668. The molecule has 2 aromatic heterocycles. The highest BCUT2D eigenvalue weighted by molar-refractivity contribution is 6.02. The van der Waals surface area contributed by atoms with E-state index in [1.54, 1.807) is 12.1 Å². The van der Waals surface area contributed by atoms with Crippen molar-refractivity contribution in [3.63, 3.8) is 0 Å². The fourth-order valence-electron chi connectivity index (χ4n) is 3.57. The van der Waals surface area contributed by atoms with Crippen molar-refractivity contribution in [2.75, 3.05) is 12.3 Å². The van der Waals surface area contributed by atoms with Gasteiger partial charge in [0.05, 0.1) is 5.39 Å². The Morgan fingerprint density at radius 3 is 2.80 bits per heavy atom. The van der Waals surface area contributed by atoms with Gasteiger partial charge >= 0.3 is 0 Å². The van der Waals surface area contributed by atoms with Crippen LogP contribution < -0.4 is 17.2 Å². The van der Waals surface area contributed by atoms with Crippen LogP contribution in [-0.2, 0) is 0 Å². The van der Waals surface area contributed by atoms with Crippen LogP contribution in [0.1, 0.15) is 29.2 Å². The maximum atomic E-state index is 11.5. The lowest BCUT2D eigenvalue weighted by Crippen LogP contribution is -2.31. The van der Waals surface area contributed by atoms with Crippen LogP contribution in [0, 0.1) is 5.92 Å². The van der Waals surface area contributed by atoms with Crippen LogP contribution in [0.4, 0.5) is 5.82 Å². The van der Waals surface area contributed by atoms with Gasteiger partial charge in [0.2, 0.25) is 5.91 Å². The molecule has 6 N–H and O–H groups in total. The largest absolute Gasteiger partial charge is 0.383 e. The number of primary amides is 1. The zero-order chi connectivity index (χ0) is 17.6. The number of anilines is 1. The molecule has 0 aliphatic heterocycles. The maximum Gasteiger partial charge on any atom is 0.248 e. The zero-order valence-corrected chi connectivity index (χ0v) is 13.7. The lowest BCUT2D eigenvalue weighted by atomic mass is 9.80. The molecular weight excluding hydrogens is 316 g/mol. The molecule has 1 saturated carbocycles. The zero-order valence-electron chi connectivity index (χ0n) is 13.7. The van der Waals surface area contributed by atoms with Gasteiger partial charge in [-0.1, -0.05) is 12.1 Å². The first-order chi connectivity index (χ1) is 12.1. The number of benzene rings is 1. The number of nitrogen functional groups attached to an aromatic ring is 1. The van der Waals surface area contributed by atoms with Gasteiger partial charge in [0, 0.05) is 23.4 Å². The average Bonchev–Trinajstić information content (AvgIpc) is 2.95. The van der Waals surface area contributed by atoms with E-state index in [0.29, 0.717) is 29.9 Å². The molecule has 3 aromatic rings. The Hall–Kier alpha value is -2.93. The lowest BCUT2D eigenvalue weighted by Gasteiger charge is -2.35. The summed E-state index contributed by atoms with van der Waals surface area (Å²) in [7, 11) is 0. The first-order valence-electron chi connectivity index (χ1n) is 8.29. The summed E-state index contributed by atoms with van der Waals surface area (Å²) >= 11 is 0. The van der Waals surface area contributed by atoms with Crippen molar-refractivity contribution in [3.05, 3.63) is 42.4 Å². The van der Waals surface area contributed by atoms with Crippen molar-refractivity contribution < 1.29 is 4.79 Å². The van der Waals surface area contributed by atoms with E-state index in [1.807, 2.05) is 18.3 Å². The SMILES string of the molecule is NCC1CC(n2cc(-c3cccc(C(N)=O)c3)c3c(N)ncnc32)C1. The fraction of sp³-hybridized carbons (Fsp3) is 0.278. The van der Waals surface area contributed by atoms with Gasteiger partial charge in [0.25, 0.3) is 0 Å². The molecule has 1 aliphatic carbocycles. The third kappa shape index (κ3) is 2.53. The highest BCUT2D eigenvalue weighted by Gasteiger charge is 2.31. The van der Waals surface area contributed by atoms with Gasteiger partial charge in [-0.05, 0) is 43.0 Å². The minimum Gasteiger partial charge on any atom is -0.383 e. The second-order valence-electron chi connectivity index (χ2n) is 6.58. The number of hydrogen-bond acceptors (Lipinski definition) is 5. The van der Waals surface area contributed by atoms with Crippen LogP contribution in [0.3, 0.4) is 0 Å². The normalized spacial score (nSPS) is 19.7. The lowest BCUT2D eigenvalue weighted by molar-refractivity contribution is 0.100. The summed E-state index contributed by atoms with van der Waals surface area (Å²) in [5, 5.41) is 0.806. The van der Waals surface area contributed by atoms with Crippen molar-refractivity contribution in [2.24, 2.45) is 17.4 Å². The Labute approximate surface area is 144 Å². The Kier molecular flexibility index (Phi) is 3.65. The van der Waals surface area contributed by atoms with Crippen LogP contribution in [0.15, 0.2) is 36.8 Å². The summed E-state index contributed by atoms with van der Waals surface area (Å²) in [5.74, 6) is 0.529. The second-order valence-corrected chi connectivity index (χ2v) is 6.58. The predicted molar refractivity (Wildman–Crippen MR) is 96.7 cm³/mol. The van der Waals surface area contributed by atoms with E-state index < -0.39 is 5.91 Å². The molecule has 25 heavy (non-hydrogen) atoms. The number of nitrogens with zero attached hydrogens (tertiary/aromatic N) is 3. The van der Waals surface area contributed by atoms with Gasteiger partial charge in [0.1, 0.15) is 17.8 Å². The summed E-state index contributed by atoms with van der Waals surface area (Å²) in [5.41, 5.74) is 20.4. The summed E-state index contributed by atoms with van der Waals surface area (Å²) in [6, 6.07) is 7.58. The van der Waals surface area contributed by atoms with Gasteiger partial charge in [-0.2, -0.15) is 0 Å². The molecule has 0 unspecified atom stereocenters. The van der Waals surface area contributed by atoms with Gasteiger partial charge in [-0.15, -0.1) is 0 Å². The fourth-order valence-corrected chi connectivity index (χ4v) is 3.57. The molecule has 128 valence electrons. The van der Waals surface area contributed by atoms with E-state index in [4.69, 9.17) is 17.2 Å². The molecule has 1 aliphatic rings. The number of nitrogens with two attached hydrogens (primary N) is 3. The van der Waals surface area contributed by atoms with Crippen LogP contribution in [-0.4, -0.2) is 27.0 Å². The van der Waals surface area contributed by atoms with Gasteiger partial charge in [-0.25, -0.2) is 9.97 Å². The molecule has 0 spiro atoms. The predicted octanol–water partition coefficient (Wildman–Crippen LogP) is 1.69. The highest BCUT2D eigenvalue weighted by atomic mass is 16.1. The summed E-state index contributed by atoms with van der Waals surface area (Å²) in [6.45, 7) is 0.709. The average molecular weight is 336 g/mol. The second kappa shape index (κ2) is 5.86. The molecule has 0 saturated heterocycles. The summed E-state index contributed by atoms with van der Waals surface area (Å²) in [6.07, 6.45) is 5.60. The molecule has 7 nitrogen and oxygen atoms in total. The Morgan fingerprint density at radius 1 is 1.28 bits per heavy atom. The molecule has 0 bridgehead atoms. The van der Waals surface area contributed by atoms with Crippen LogP contribution >= 0.6 is 0 Å². The van der Waals surface area contributed by atoms with E-state index in [9.17, 15) is 4.79 Å². The van der Waals surface area contributed by atoms with Crippen molar-refractivity contribution in [2.45, 2.75) is 18.9 Å². The van der Waals surface area contributed by atoms with E-state index in [1.165, 1.54) is 6.33 Å². The van der Waals surface area contributed by atoms with Crippen molar-refractivity contribution in [1.82, 2.24) is 14.5 Å². The highest BCUT2D eigenvalue weighted by Crippen LogP contribution is 2.42. The van der Waals surface area contributed by atoms with Gasteiger partial charge in [0.15, 0.2) is 0 Å². The molecule has 1 aromatic carbocycles. The number of carbonyl (C=O) groups is 1. The molecule has 2 heterocycles. The topological polar surface area (TPSA) is 126 Å². The van der Waals surface area contributed by atoms with Gasteiger partial charge < -0.3 is 21.8 Å². The molecule has 0 radical (unpaired) electrons. The van der Waals surface area contributed by atoms with Crippen molar-refractivity contribution in [3.8, 4) is 11.1 Å². The molecule has 1 fully saturated rings. The number of rotatable bonds is 4. The summed E-state index contributed by atoms with van der Waals surface area (Å²) < 4.78 is 2.16. The van der Waals surface area contributed by atoms with Crippen LogP contribution in [0.5, 0.6) is 0 Å². The first kappa shape index (κ1) is 15.6. The Balaban J connectivity index is 1.87. The number of aromatic nitrogens is 3. The van der Waals surface area contributed by atoms with Crippen molar-refractivity contribution in [1.29, 1.82) is 0 Å². The van der Waals surface area contributed by atoms with Gasteiger partial charge in [-0.3, -0.25) is 4.79 Å². The maximum absolute atomic E-state index is 11.5. The Bertz CT molecular complexity index is 957. The van der Waals surface area contributed by atoms with E-state index in [2.05, 4.69) is 14.5 Å². The molecular formula is C18H20N6O. The smallest absolute Gasteiger partial charge is 0.248 e. The third-order valence-corrected chi connectivity index (χ3v) is 5.03. The molecule has 0 atom stereocenters. The minimum atomic E-state index is -0.459. The first-order valence-corrected chi connectivity index (χ1v) is 8.29. The molecule has 4 rings (SSSR count). The van der Waals surface area contributed by atoms with E-state index >= 15 is 0 Å². The molecule has 1 amide bonds. The summed E-state index contributed by atoms with van der Waals surface area (Å²) in [4.78, 5) is 20.1. The molecule has 7 heteroatoms. The monoisotopic (exact) mass is 336 g/mol. The van der Waals surface area contributed by atoms with Crippen molar-refractivity contribution >= 4 is 22.8 Å².